The predicted molar refractivity (Wildman–Crippen MR) is 89.2 cm³/mol. The fraction of sp³-hybridized carbons (Fsp3) is 0.824. The van der Waals surface area contributed by atoms with Gasteiger partial charge in [-0.1, -0.05) is 19.3 Å². The second kappa shape index (κ2) is 7.65. The number of rotatable bonds is 4. The number of nitrogens with zero attached hydrogens (tertiary/aromatic N) is 2. The van der Waals surface area contributed by atoms with Crippen LogP contribution in [0.1, 0.15) is 51.4 Å². The Morgan fingerprint density at radius 2 is 1.89 bits per heavy atom. The first-order chi connectivity index (χ1) is 12.7. The smallest absolute Gasteiger partial charge is 0.322 e. The van der Waals surface area contributed by atoms with E-state index in [-0.39, 0.29) is 25.9 Å². The molecule has 0 bridgehead atoms. The maximum atomic E-state index is 12.8. The third kappa shape index (κ3) is 4.36. The van der Waals surface area contributed by atoms with E-state index in [1.165, 1.54) is 0 Å². The predicted octanol–water partition coefficient (Wildman–Crippen LogP) is 1.94. The zero-order valence-corrected chi connectivity index (χ0v) is 15.1. The number of likely N-dealkylation sites (tertiary alicyclic amines) is 1. The number of amides is 4. The van der Waals surface area contributed by atoms with Crippen LogP contribution in [0.2, 0.25) is 0 Å². The van der Waals surface area contributed by atoms with E-state index in [9.17, 15) is 27.6 Å². The van der Waals surface area contributed by atoms with Crippen molar-refractivity contribution in [2.45, 2.75) is 63.1 Å². The molecule has 0 unspecified atom stereocenters. The minimum atomic E-state index is -4.23. The van der Waals surface area contributed by atoms with Crippen molar-refractivity contribution in [1.29, 1.82) is 0 Å². The summed E-state index contributed by atoms with van der Waals surface area (Å²) >= 11 is 0. The SMILES string of the molecule is O=C(CCN1CCC[C@@H](C(F)(F)F)C1)NN1C(=O)NC2(CCCCC2)C1=O. The molecule has 1 saturated carbocycles. The number of halogens is 3. The molecule has 2 heterocycles. The maximum absolute atomic E-state index is 12.8. The molecule has 2 N–H and O–H groups in total. The highest BCUT2D eigenvalue weighted by Crippen LogP contribution is 2.34. The van der Waals surface area contributed by atoms with Crippen molar-refractivity contribution >= 4 is 17.8 Å². The third-order valence-electron chi connectivity index (χ3n) is 5.73. The molecule has 0 aromatic rings. The summed E-state index contributed by atoms with van der Waals surface area (Å²) in [6.45, 7) is 0.544. The van der Waals surface area contributed by atoms with Gasteiger partial charge in [0.15, 0.2) is 0 Å². The number of imide groups is 1. The molecule has 0 aromatic carbocycles. The number of nitrogens with one attached hydrogen (secondary N) is 2. The summed E-state index contributed by atoms with van der Waals surface area (Å²) in [6.07, 6.45) is 0.0212. The Balaban J connectivity index is 1.49. The van der Waals surface area contributed by atoms with E-state index in [1.807, 2.05) is 0 Å². The van der Waals surface area contributed by atoms with Crippen LogP contribution < -0.4 is 10.7 Å². The van der Waals surface area contributed by atoms with Crippen LogP contribution in [0.15, 0.2) is 0 Å². The Kier molecular flexibility index (Phi) is 5.64. The lowest BCUT2D eigenvalue weighted by Gasteiger charge is -2.33. The molecule has 1 aliphatic carbocycles. The van der Waals surface area contributed by atoms with Gasteiger partial charge in [-0.2, -0.15) is 18.2 Å². The first-order valence-electron chi connectivity index (χ1n) is 9.46. The quantitative estimate of drug-likeness (QED) is 0.719. The van der Waals surface area contributed by atoms with Gasteiger partial charge in [-0.25, -0.2) is 4.79 Å². The second-order valence-electron chi connectivity index (χ2n) is 7.68. The molecule has 3 rings (SSSR count). The lowest BCUT2D eigenvalue weighted by molar-refractivity contribution is -0.186. The Morgan fingerprint density at radius 1 is 1.19 bits per heavy atom. The van der Waals surface area contributed by atoms with Gasteiger partial charge in [0.25, 0.3) is 5.91 Å². The summed E-state index contributed by atoms with van der Waals surface area (Å²) < 4.78 is 38.5. The summed E-state index contributed by atoms with van der Waals surface area (Å²) in [5.74, 6) is -2.37. The number of alkyl halides is 3. The lowest BCUT2D eigenvalue weighted by atomic mass is 9.82. The van der Waals surface area contributed by atoms with E-state index < -0.39 is 35.5 Å². The molecule has 7 nitrogen and oxygen atoms in total. The zero-order valence-electron chi connectivity index (χ0n) is 15.1. The van der Waals surface area contributed by atoms with Gasteiger partial charge in [0.05, 0.1) is 5.92 Å². The Morgan fingerprint density at radius 3 is 2.56 bits per heavy atom. The van der Waals surface area contributed by atoms with Crippen molar-refractivity contribution in [3.63, 3.8) is 0 Å². The second-order valence-corrected chi connectivity index (χ2v) is 7.68. The van der Waals surface area contributed by atoms with Gasteiger partial charge >= 0.3 is 12.2 Å². The number of carbonyl (C=O) groups excluding carboxylic acids is 3. The standard InChI is InChI=1S/C17H25F3N4O3/c18-17(19,20)12-5-4-9-23(11-12)10-6-13(25)22-24-14(26)16(21-15(24)27)7-2-1-3-8-16/h12H,1-11H2,(H,21,27)(H,22,25)/t12-/m1/s1. The molecule has 2 saturated heterocycles. The average molecular weight is 390 g/mol. The third-order valence-corrected chi connectivity index (χ3v) is 5.73. The van der Waals surface area contributed by atoms with Gasteiger partial charge in [0.2, 0.25) is 5.91 Å². The molecule has 3 aliphatic rings. The highest BCUT2D eigenvalue weighted by Gasteiger charge is 2.52. The molecule has 0 radical (unpaired) electrons. The Labute approximate surface area is 155 Å². The highest BCUT2D eigenvalue weighted by atomic mass is 19.4. The van der Waals surface area contributed by atoms with Gasteiger partial charge in [-0.3, -0.25) is 15.0 Å². The van der Waals surface area contributed by atoms with Gasteiger partial charge in [0, 0.05) is 19.5 Å². The first kappa shape index (κ1) is 19.9. The van der Waals surface area contributed by atoms with Crippen LogP contribution in [0.25, 0.3) is 0 Å². The Hall–Kier alpha value is -1.84. The van der Waals surface area contributed by atoms with Crippen LogP contribution in [0, 0.1) is 5.92 Å². The van der Waals surface area contributed by atoms with Gasteiger partial charge in [-0.15, -0.1) is 0 Å². The van der Waals surface area contributed by atoms with E-state index in [4.69, 9.17) is 0 Å². The number of carbonyl (C=O) groups is 3. The first-order valence-corrected chi connectivity index (χ1v) is 9.46. The molecule has 152 valence electrons. The van der Waals surface area contributed by atoms with Crippen molar-refractivity contribution in [3.8, 4) is 0 Å². The van der Waals surface area contributed by atoms with Crippen LogP contribution in [0.3, 0.4) is 0 Å². The maximum Gasteiger partial charge on any atom is 0.393 e. The van der Waals surface area contributed by atoms with E-state index in [0.717, 1.165) is 24.3 Å². The molecule has 10 heteroatoms. The van der Waals surface area contributed by atoms with Crippen molar-refractivity contribution in [2.75, 3.05) is 19.6 Å². The summed E-state index contributed by atoms with van der Waals surface area (Å²) in [7, 11) is 0. The normalized spacial score (nSPS) is 26.3. The molecule has 4 amide bonds. The van der Waals surface area contributed by atoms with Gasteiger partial charge in [0.1, 0.15) is 5.54 Å². The summed E-state index contributed by atoms with van der Waals surface area (Å²) in [6, 6.07) is -0.648. The minimum Gasteiger partial charge on any atom is -0.322 e. The summed E-state index contributed by atoms with van der Waals surface area (Å²) in [5.41, 5.74) is 1.39. The largest absolute Gasteiger partial charge is 0.393 e. The summed E-state index contributed by atoms with van der Waals surface area (Å²) in [5, 5.41) is 3.41. The van der Waals surface area contributed by atoms with Gasteiger partial charge in [-0.05, 0) is 32.2 Å². The molecule has 2 aliphatic heterocycles. The molecular weight excluding hydrogens is 365 g/mol. The number of piperidine rings is 1. The van der Waals surface area contributed by atoms with Crippen molar-refractivity contribution < 1.29 is 27.6 Å². The molecule has 1 spiro atoms. The number of hydrazine groups is 1. The van der Waals surface area contributed by atoms with Crippen LogP contribution >= 0.6 is 0 Å². The summed E-state index contributed by atoms with van der Waals surface area (Å²) in [4.78, 5) is 38.4. The minimum absolute atomic E-state index is 0.0748. The monoisotopic (exact) mass is 390 g/mol. The van der Waals surface area contributed by atoms with Crippen LogP contribution in [0.4, 0.5) is 18.0 Å². The molecular formula is C17H25F3N4O3. The lowest BCUT2D eigenvalue weighted by Crippen LogP contribution is -2.51. The van der Waals surface area contributed by atoms with Gasteiger partial charge < -0.3 is 10.2 Å². The average Bonchev–Trinajstić information content (AvgIpc) is 2.84. The Bertz CT molecular complexity index is 605. The molecule has 27 heavy (non-hydrogen) atoms. The van der Waals surface area contributed by atoms with Crippen molar-refractivity contribution in [3.05, 3.63) is 0 Å². The fourth-order valence-corrected chi connectivity index (χ4v) is 4.18. The van der Waals surface area contributed by atoms with Crippen molar-refractivity contribution in [2.24, 2.45) is 5.92 Å². The zero-order chi connectivity index (χ0) is 19.7. The van der Waals surface area contributed by atoms with E-state index in [1.54, 1.807) is 4.90 Å². The molecule has 0 aromatic heterocycles. The van der Waals surface area contributed by atoms with Crippen molar-refractivity contribution in [1.82, 2.24) is 20.7 Å². The highest BCUT2D eigenvalue weighted by molar-refractivity contribution is 6.07. The number of urea groups is 1. The van der Waals surface area contributed by atoms with Crippen LogP contribution in [-0.4, -0.2) is 59.1 Å². The van der Waals surface area contributed by atoms with E-state index in [0.29, 0.717) is 25.8 Å². The fourth-order valence-electron chi connectivity index (χ4n) is 4.18. The molecule has 1 atom stereocenters. The van der Waals surface area contributed by atoms with E-state index in [2.05, 4.69) is 10.7 Å². The topological polar surface area (TPSA) is 81.8 Å². The number of hydrogen-bond donors (Lipinski definition) is 2. The van der Waals surface area contributed by atoms with Crippen LogP contribution in [0.5, 0.6) is 0 Å². The molecule has 3 fully saturated rings. The van der Waals surface area contributed by atoms with Crippen LogP contribution in [-0.2, 0) is 9.59 Å². The van der Waals surface area contributed by atoms with E-state index >= 15 is 0 Å². The number of hydrogen-bond acceptors (Lipinski definition) is 4.